The molecule has 0 radical (unpaired) electrons. The predicted molar refractivity (Wildman–Crippen MR) is 94.3 cm³/mol. The number of ether oxygens (including phenoxy) is 1. The third kappa shape index (κ3) is 3.72. The SMILES string of the molecule is Cc1nc(N2CCOCC2)ccc1NC(=O)c1ccc(CN)cc1. The van der Waals surface area contributed by atoms with E-state index in [1.165, 1.54) is 0 Å². The van der Waals surface area contributed by atoms with Crippen molar-refractivity contribution in [2.75, 3.05) is 36.5 Å². The number of benzene rings is 1. The highest BCUT2D eigenvalue weighted by Gasteiger charge is 2.14. The summed E-state index contributed by atoms with van der Waals surface area (Å²) in [5.41, 5.74) is 8.69. The van der Waals surface area contributed by atoms with E-state index in [2.05, 4.69) is 15.2 Å². The summed E-state index contributed by atoms with van der Waals surface area (Å²) >= 11 is 0. The van der Waals surface area contributed by atoms with E-state index in [0.717, 1.165) is 49.1 Å². The highest BCUT2D eigenvalue weighted by molar-refractivity contribution is 6.04. The molecule has 0 spiro atoms. The molecule has 0 saturated carbocycles. The van der Waals surface area contributed by atoms with E-state index in [0.29, 0.717) is 12.1 Å². The molecule has 6 heteroatoms. The number of hydrogen-bond acceptors (Lipinski definition) is 5. The van der Waals surface area contributed by atoms with Crippen LogP contribution < -0.4 is 16.0 Å². The van der Waals surface area contributed by atoms with Crippen molar-refractivity contribution in [3.05, 3.63) is 53.2 Å². The molecule has 24 heavy (non-hydrogen) atoms. The summed E-state index contributed by atoms with van der Waals surface area (Å²) in [5.74, 6) is 0.767. The maximum Gasteiger partial charge on any atom is 0.255 e. The molecule has 3 rings (SSSR count). The molecule has 1 aromatic carbocycles. The number of anilines is 2. The second-order valence-electron chi connectivity index (χ2n) is 5.76. The fourth-order valence-electron chi connectivity index (χ4n) is 2.64. The summed E-state index contributed by atoms with van der Waals surface area (Å²) in [6.07, 6.45) is 0. The Morgan fingerprint density at radius 1 is 1.21 bits per heavy atom. The van der Waals surface area contributed by atoms with Crippen molar-refractivity contribution < 1.29 is 9.53 Å². The van der Waals surface area contributed by atoms with E-state index in [1.807, 2.05) is 31.2 Å². The van der Waals surface area contributed by atoms with Crippen LogP contribution >= 0.6 is 0 Å². The van der Waals surface area contributed by atoms with E-state index in [1.54, 1.807) is 12.1 Å². The quantitative estimate of drug-likeness (QED) is 0.897. The molecule has 2 aromatic rings. The van der Waals surface area contributed by atoms with Crippen LogP contribution in [-0.4, -0.2) is 37.2 Å². The number of aryl methyl sites for hydroxylation is 1. The van der Waals surface area contributed by atoms with Crippen LogP contribution in [0.1, 0.15) is 21.6 Å². The molecule has 1 aliphatic heterocycles. The van der Waals surface area contributed by atoms with Crippen LogP contribution in [0.2, 0.25) is 0 Å². The monoisotopic (exact) mass is 326 g/mol. The van der Waals surface area contributed by atoms with E-state index >= 15 is 0 Å². The highest BCUT2D eigenvalue weighted by atomic mass is 16.5. The zero-order valence-electron chi connectivity index (χ0n) is 13.8. The molecular weight excluding hydrogens is 304 g/mol. The van der Waals surface area contributed by atoms with Gasteiger partial charge in [0, 0.05) is 25.2 Å². The standard InChI is InChI=1S/C18H22N4O2/c1-13-16(6-7-17(20-13)22-8-10-24-11-9-22)21-18(23)15-4-2-14(12-19)3-5-15/h2-7H,8-12,19H2,1H3,(H,21,23). The molecule has 1 aromatic heterocycles. The molecule has 6 nitrogen and oxygen atoms in total. The van der Waals surface area contributed by atoms with Gasteiger partial charge in [0.1, 0.15) is 5.82 Å². The van der Waals surface area contributed by atoms with Crippen molar-refractivity contribution in [3.8, 4) is 0 Å². The largest absolute Gasteiger partial charge is 0.378 e. The fraction of sp³-hybridized carbons (Fsp3) is 0.333. The molecule has 126 valence electrons. The lowest BCUT2D eigenvalue weighted by Crippen LogP contribution is -2.36. The Hall–Kier alpha value is -2.44. The van der Waals surface area contributed by atoms with E-state index in [-0.39, 0.29) is 5.91 Å². The van der Waals surface area contributed by atoms with E-state index in [4.69, 9.17) is 10.5 Å². The predicted octanol–water partition coefficient (Wildman–Crippen LogP) is 1.94. The third-order valence-corrected chi connectivity index (χ3v) is 4.11. The van der Waals surface area contributed by atoms with Crippen molar-refractivity contribution in [1.29, 1.82) is 0 Å². The minimum atomic E-state index is -0.150. The van der Waals surface area contributed by atoms with Crippen LogP contribution in [0.3, 0.4) is 0 Å². The van der Waals surface area contributed by atoms with Gasteiger partial charge >= 0.3 is 0 Å². The molecule has 2 heterocycles. The number of amides is 1. The molecule has 1 saturated heterocycles. The van der Waals surface area contributed by atoms with Gasteiger partial charge in [-0.1, -0.05) is 12.1 Å². The molecule has 1 fully saturated rings. The van der Waals surface area contributed by atoms with Gasteiger partial charge in [0.25, 0.3) is 5.91 Å². The van der Waals surface area contributed by atoms with Crippen molar-refractivity contribution >= 4 is 17.4 Å². The van der Waals surface area contributed by atoms with Crippen molar-refractivity contribution in [1.82, 2.24) is 4.98 Å². The normalized spacial score (nSPS) is 14.5. The van der Waals surface area contributed by atoms with Crippen LogP contribution in [-0.2, 0) is 11.3 Å². The number of carbonyl (C=O) groups is 1. The minimum Gasteiger partial charge on any atom is -0.378 e. The number of rotatable bonds is 4. The average Bonchev–Trinajstić information content (AvgIpc) is 2.64. The number of carbonyl (C=O) groups excluding carboxylic acids is 1. The van der Waals surface area contributed by atoms with Gasteiger partial charge in [0.15, 0.2) is 0 Å². The summed E-state index contributed by atoms with van der Waals surface area (Å²) in [4.78, 5) is 19.2. The first-order valence-electron chi connectivity index (χ1n) is 8.08. The first-order chi connectivity index (χ1) is 11.7. The minimum absolute atomic E-state index is 0.150. The number of morpholine rings is 1. The van der Waals surface area contributed by atoms with E-state index in [9.17, 15) is 4.79 Å². The number of nitrogens with one attached hydrogen (secondary N) is 1. The van der Waals surface area contributed by atoms with Gasteiger partial charge in [-0.3, -0.25) is 4.79 Å². The van der Waals surface area contributed by atoms with Crippen molar-refractivity contribution in [2.24, 2.45) is 5.73 Å². The van der Waals surface area contributed by atoms with Gasteiger partial charge in [-0.2, -0.15) is 0 Å². The summed E-state index contributed by atoms with van der Waals surface area (Å²) in [7, 11) is 0. The second-order valence-corrected chi connectivity index (χ2v) is 5.76. The summed E-state index contributed by atoms with van der Waals surface area (Å²) in [6, 6.07) is 11.1. The molecule has 3 N–H and O–H groups in total. The summed E-state index contributed by atoms with van der Waals surface area (Å²) in [5, 5.41) is 2.92. The molecule has 1 amide bonds. The lowest BCUT2D eigenvalue weighted by atomic mass is 10.1. The van der Waals surface area contributed by atoms with Crippen LogP contribution in [0, 0.1) is 6.92 Å². The number of pyridine rings is 1. The Labute approximate surface area is 141 Å². The maximum absolute atomic E-state index is 12.4. The Morgan fingerprint density at radius 2 is 1.92 bits per heavy atom. The van der Waals surface area contributed by atoms with Crippen LogP contribution in [0.25, 0.3) is 0 Å². The van der Waals surface area contributed by atoms with Crippen LogP contribution in [0.4, 0.5) is 11.5 Å². The molecule has 0 bridgehead atoms. The maximum atomic E-state index is 12.4. The molecule has 0 unspecified atom stereocenters. The number of nitrogens with two attached hydrogens (primary N) is 1. The van der Waals surface area contributed by atoms with Crippen LogP contribution in [0.15, 0.2) is 36.4 Å². The number of aromatic nitrogens is 1. The topological polar surface area (TPSA) is 80.5 Å². The van der Waals surface area contributed by atoms with Gasteiger partial charge in [-0.25, -0.2) is 4.98 Å². The van der Waals surface area contributed by atoms with Gasteiger partial charge in [-0.05, 0) is 36.8 Å². The molecule has 1 aliphatic rings. The molecular formula is C18H22N4O2. The third-order valence-electron chi connectivity index (χ3n) is 4.11. The van der Waals surface area contributed by atoms with Gasteiger partial charge in [-0.15, -0.1) is 0 Å². The summed E-state index contributed by atoms with van der Waals surface area (Å²) in [6.45, 7) is 5.48. The Kier molecular flexibility index (Phi) is 5.08. The first-order valence-corrected chi connectivity index (χ1v) is 8.08. The molecule has 0 atom stereocenters. The number of hydrogen-bond donors (Lipinski definition) is 2. The highest BCUT2D eigenvalue weighted by Crippen LogP contribution is 2.20. The zero-order valence-corrected chi connectivity index (χ0v) is 13.8. The van der Waals surface area contributed by atoms with Crippen molar-refractivity contribution in [2.45, 2.75) is 13.5 Å². The smallest absolute Gasteiger partial charge is 0.255 e. The summed E-state index contributed by atoms with van der Waals surface area (Å²) < 4.78 is 5.36. The molecule has 0 aliphatic carbocycles. The van der Waals surface area contributed by atoms with Crippen molar-refractivity contribution in [3.63, 3.8) is 0 Å². The van der Waals surface area contributed by atoms with E-state index < -0.39 is 0 Å². The lowest BCUT2D eigenvalue weighted by Gasteiger charge is -2.28. The van der Waals surface area contributed by atoms with Gasteiger partial charge in [0.05, 0.1) is 24.6 Å². The Morgan fingerprint density at radius 3 is 2.54 bits per heavy atom. The van der Waals surface area contributed by atoms with Crippen LogP contribution in [0.5, 0.6) is 0 Å². The Balaban J connectivity index is 1.71. The lowest BCUT2D eigenvalue weighted by molar-refractivity contribution is 0.102. The van der Waals surface area contributed by atoms with Gasteiger partial charge in [0.2, 0.25) is 0 Å². The zero-order chi connectivity index (χ0) is 16.9. The second kappa shape index (κ2) is 7.42. The number of nitrogens with zero attached hydrogens (tertiary/aromatic N) is 2. The Bertz CT molecular complexity index is 709. The fourth-order valence-corrected chi connectivity index (χ4v) is 2.64. The van der Waals surface area contributed by atoms with Gasteiger partial charge < -0.3 is 20.7 Å². The average molecular weight is 326 g/mol. The first kappa shape index (κ1) is 16.4.